The highest BCUT2D eigenvalue weighted by molar-refractivity contribution is 8.02. The van der Waals surface area contributed by atoms with Crippen LogP contribution in [0.2, 0.25) is 0 Å². The van der Waals surface area contributed by atoms with E-state index in [0.717, 1.165) is 12.8 Å². The molecule has 1 aromatic carbocycles. The van der Waals surface area contributed by atoms with E-state index in [0.29, 0.717) is 21.2 Å². The number of nitrogens with one attached hydrogen (secondary N) is 2. The first-order valence-corrected chi connectivity index (χ1v) is 8.63. The molecule has 1 heterocycles. The van der Waals surface area contributed by atoms with Gasteiger partial charge in [0.1, 0.15) is 5.82 Å². The van der Waals surface area contributed by atoms with Gasteiger partial charge in [-0.15, -0.1) is 10.2 Å². The summed E-state index contributed by atoms with van der Waals surface area (Å²) in [5.74, 6) is -0.324. The monoisotopic (exact) mass is 338 g/mol. The van der Waals surface area contributed by atoms with E-state index in [1.807, 2.05) is 6.92 Å². The molecule has 0 spiro atoms. The minimum Gasteiger partial charge on any atom is -0.352 e. The first-order chi connectivity index (χ1) is 10.6. The van der Waals surface area contributed by atoms with Crippen molar-refractivity contribution in [3.63, 3.8) is 0 Å². The van der Waals surface area contributed by atoms with Gasteiger partial charge in [-0.2, -0.15) is 0 Å². The summed E-state index contributed by atoms with van der Waals surface area (Å²) < 4.78 is 14.2. The number of nitrogens with zero attached hydrogens (tertiary/aromatic N) is 2. The van der Waals surface area contributed by atoms with E-state index in [2.05, 4.69) is 20.8 Å². The second kappa shape index (κ2) is 6.62. The second-order valence-electron chi connectivity index (χ2n) is 5.02. The lowest BCUT2D eigenvalue weighted by Crippen LogP contribution is -2.32. The van der Waals surface area contributed by atoms with Crippen LogP contribution in [0.3, 0.4) is 0 Å². The summed E-state index contributed by atoms with van der Waals surface area (Å²) in [5.41, 5.74) is 0.356. The van der Waals surface area contributed by atoms with Gasteiger partial charge in [0, 0.05) is 6.04 Å². The fraction of sp³-hybridized carbons (Fsp3) is 0.357. The molecule has 1 aromatic heterocycles. The Morgan fingerprint density at radius 1 is 1.41 bits per heavy atom. The number of hydrogen-bond acceptors (Lipinski definition) is 6. The van der Waals surface area contributed by atoms with Crippen molar-refractivity contribution in [1.29, 1.82) is 0 Å². The van der Waals surface area contributed by atoms with Gasteiger partial charge in [0.15, 0.2) is 4.34 Å². The summed E-state index contributed by atoms with van der Waals surface area (Å²) in [4.78, 5) is 11.9. The summed E-state index contributed by atoms with van der Waals surface area (Å²) in [6, 6.07) is 6.73. The largest absolute Gasteiger partial charge is 0.352 e. The van der Waals surface area contributed by atoms with Crippen molar-refractivity contribution in [2.45, 2.75) is 35.4 Å². The maximum atomic E-state index is 13.6. The number of halogens is 1. The number of para-hydroxylation sites is 1. The van der Waals surface area contributed by atoms with Crippen LogP contribution in [0.5, 0.6) is 0 Å². The number of aromatic nitrogens is 2. The van der Waals surface area contributed by atoms with E-state index < -0.39 is 0 Å². The second-order valence-corrected chi connectivity index (χ2v) is 7.59. The highest BCUT2D eigenvalue weighted by Crippen LogP contribution is 2.31. The number of amides is 1. The van der Waals surface area contributed by atoms with E-state index in [4.69, 9.17) is 0 Å². The molecular formula is C14H15FN4OS2. The van der Waals surface area contributed by atoms with Gasteiger partial charge in [0.25, 0.3) is 0 Å². The summed E-state index contributed by atoms with van der Waals surface area (Å²) >= 11 is 2.66. The molecule has 0 unspecified atom stereocenters. The zero-order valence-corrected chi connectivity index (χ0v) is 13.5. The van der Waals surface area contributed by atoms with E-state index in [1.54, 1.807) is 18.2 Å². The Labute approximate surface area is 135 Å². The van der Waals surface area contributed by atoms with Crippen LogP contribution in [0.4, 0.5) is 15.2 Å². The Bertz CT molecular complexity index is 674. The molecule has 0 bridgehead atoms. The third-order valence-corrected chi connectivity index (χ3v) is 5.12. The molecule has 3 rings (SSSR count). The average molecular weight is 338 g/mol. The molecule has 1 fully saturated rings. The Hall–Kier alpha value is -1.67. The van der Waals surface area contributed by atoms with E-state index in [1.165, 1.54) is 29.2 Å². The van der Waals surface area contributed by atoms with Crippen LogP contribution < -0.4 is 10.6 Å². The predicted molar refractivity (Wildman–Crippen MR) is 86.1 cm³/mol. The van der Waals surface area contributed by atoms with Crippen LogP contribution in [-0.4, -0.2) is 27.4 Å². The lowest BCUT2D eigenvalue weighted by molar-refractivity contribution is -0.120. The molecule has 1 saturated carbocycles. The molecule has 2 aromatic rings. The standard InChI is InChI=1S/C14H15FN4OS2/c1-8(12(20)16-9-6-7-9)21-14-19-18-13(22-14)17-11-5-3-2-4-10(11)15/h2-5,8-9H,6-7H2,1H3,(H,16,20)(H,17,18)/t8-/m1/s1. The highest BCUT2D eigenvalue weighted by Gasteiger charge is 2.26. The molecule has 1 amide bonds. The molecule has 22 heavy (non-hydrogen) atoms. The quantitative estimate of drug-likeness (QED) is 0.792. The molecule has 0 radical (unpaired) electrons. The van der Waals surface area contributed by atoms with Crippen LogP contribution in [0.15, 0.2) is 28.6 Å². The smallest absolute Gasteiger partial charge is 0.233 e. The summed E-state index contributed by atoms with van der Waals surface area (Å²) in [5, 5.41) is 14.1. The predicted octanol–water partition coefficient (Wildman–Crippen LogP) is 3.18. The van der Waals surface area contributed by atoms with Crippen molar-refractivity contribution >= 4 is 39.8 Å². The van der Waals surface area contributed by atoms with E-state index in [9.17, 15) is 9.18 Å². The minimum absolute atomic E-state index is 0.0197. The third-order valence-electron chi connectivity index (χ3n) is 3.09. The van der Waals surface area contributed by atoms with Gasteiger partial charge < -0.3 is 10.6 Å². The highest BCUT2D eigenvalue weighted by atomic mass is 32.2. The van der Waals surface area contributed by atoms with Crippen molar-refractivity contribution in [3.05, 3.63) is 30.1 Å². The lowest BCUT2D eigenvalue weighted by Gasteiger charge is -2.08. The van der Waals surface area contributed by atoms with E-state index in [-0.39, 0.29) is 17.0 Å². The maximum absolute atomic E-state index is 13.6. The summed E-state index contributed by atoms with van der Waals surface area (Å²) in [7, 11) is 0. The van der Waals surface area contributed by atoms with Crippen molar-refractivity contribution in [2.24, 2.45) is 0 Å². The number of rotatable bonds is 6. The molecule has 1 atom stereocenters. The van der Waals surface area contributed by atoms with Crippen molar-refractivity contribution < 1.29 is 9.18 Å². The van der Waals surface area contributed by atoms with Gasteiger partial charge >= 0.3 is 0 Å². The SMILES string of the molecule is C[C@@H](Sc1nnc(Nc2ccccc2F)s1)C(=O)NC1CC1. The molecule has 116 valence electrons. The Morgan fingerprint density at radius 2 is 2.18 bits per heavy atom. The molecular weight excluding hydrogens is 323 g/mol. The Balaban J connectivity index is 1.58. The number of benzene rings is 1. The first-order valence-electron chi connectivity index (χ1n) is 6.94. The summed E-state index contributed by atoms with van der Waals surface area (Å²) in [6.45, 7) is 1.84. The number of carbonyl (C=O) groups excluding carboxylic acids is 1. The van der Waals surface area contributed by atoms with Crippen LogP contribution in [0.25, 0.3) is 0 Å². The molecule has 8 heteroatoms. The molecule has 0 saturated heterocycles. The first kappa shape index (κ1) is 15.2. The molecule has 1 aliphatic rings. The molecule has 2 N–H and O–H groups in total. The van der Waals surface area contributed by atoms with Crippen LogP contribution in [0.1, 0.15) is 19.8 Å². The minimum atomic E-state index is -0.343. The Kier molecular flexibility index (Phi) is 4.58. The number of hydrogen-bond donors (Lipinski definition) is 2. The van der Waals surface area contributed by atoms with Gasteiger partial charge in [-0.1, -0.05) is 35.2 Å². The molecule has 5 nitrogen and oxygen atoms in total. The van der Waals surface area contributed by atoms with Gasteiger partial charge in [-0.25, -0.2) is 4.39 Å². The van der Waals surface area contributed by atoms with Crippen molar-refractivity contribution in [3.8, 4) is 0 Å². The fourth-order valence-electron chi connectivity index (χ4n) is 1.74. The summed E-state index contributed by atoms with van der Waals surface area (Å²) in [6.07, 6.45) is 2.14. The average Bonchev–Trinajstić information content (AvgIpc) is 3.20. The molecule has 0 aliphatic heterocycles. The van der Waals surface area contributed by atoms with Gasteiger partial charge in [-0.05, 0) is 31.9 Å². The Morgan fingerprint density at radius 3 is 2.91 bits per heavy atom. The topological polar surface area (TPSA) is 66.9 Å². The van der Waals surface area contributed by atoms with Crippen LogP contribution in [-0.2, 0) is 4.79 Å². The van der Waals surface area contributed by atoms with Crippen molar-refractivity contribution in [1.82, 2.24) is 15.5 Å². The van der Waals surface area contributed by atoms with E-state index >= 15 is 0 Å². The number of carbonyl (C=O) groups is 1. The lowest BCUT2D eigenvalue weighted by atomic mass is 10.3. The normalized spacial score (nSPS) is 15.4. The zero-order chi connectivity index (χ0) is 15.5. The number of anilines is 2. The fourth-order valence-corrected chi connectivity index (χ4v) is 3.65. The number of thioether (sulfide) groups is 1. The van der Waals surface area contributed by atoms with Crippen molar-refractivity contribution in [2.75, 3.05) is 5.32 Å². The van der Waals surface area contributed by atoms with Crippen LogP contribution in [0, 0.1) is 5.82 Å². The van der Waals surface area contributed by atoms with Gasteiger partial charge in [-0.3, -0.25) is 4.79 Å². The van der Waals surface area contributed by atoms with Gasteiger partial charge in [0.05, 0.1) is 10.9 Å². The third kappa shape index (κ3) is 3.95. The zero-order valence-electron chi connectivity index (χ0n) is 11.9. The maximum Gasteiger partial charge on any atom is 0.233 e. The molecule has 1 aliphatic carbocycles. The van der Waals surface area contributed by atoms with Crippen LogP contribution >= 0.6 is 23.1 Å². The van der Waals surface area contributed by atoms with Gasteiger partial charge in [0.2, 0.25) is 11.0 Å².